The van der Waals surface area contributed by atoms with Crippen LogP contribution in [0.1, 0.15) is 57.7 Å². The maximum Gasteiger partial charge on any atom is 0.243 e. The first-order chi connectivity index (χ1) is 13.4. The molecule has 2 saturated heterocycles. The second-order valence-electron chi connectivity index (χ2n) is 9.24. The van der Waals surface area contributed by atoms with Crippen molar-refractivity contribution >= 4 is 11.9 Å². The summed E-state index contributed by atoms with van der Waals surface area (Å²) >= 11 is 0. The van der Waals surface area contributed by atoms with E-state index >= 15 is 0 Å². The second-order valence-corrected chi connectivity index (χ2v) is 9.24. The molecule has 1 N–H and O–H groups in total. The molecule has 1 aliphatic carbocycles. The quantitative estimate of drug-likeness (QED) is 0.854. The molecule has 4 rings (SSSR count). The number of hydrogen-bond acceptors (Lipinski definition) is 6. The third-order valence-corrected chi connectivity index (χ3v) is 6.54. The Labute approximate surface area is 168 Å². The molecule has 1 aromatic rings. The summed E-state index contributed by atoms with van der Waals surface area (Å²) in [6.07, 6.45) is 10.0. The van der Waals surface area contributed by atoms with Gasteiger partial charge in [-0.2, -0.15) is 0 Å². The molecule has 0 spiro atoms. The highest BCUT2D eigenvalue weighted by molar-refractivity contribution is 5.88. The number of amides is 1. The molecule has 0 radical (unpaired) electrons. The maximum absolute atomic E-state index is 13.0. The number of piperazine rings is 1. The van der Waals surface area contributed by atoms with E-state index in [1.54, 1.807) is 0 Å². The number of rotatable bonds is 4. The largest absolute Gasteiger partial charge is 0.338 e. The number of carbonyl (C=O) groups is 1. The fourth-order valence-corrected chi connectivity index (χ4v) is 4.70. The number of nitrogens with one attached hydrogen (secondary N) is 1. The van der Waals surface area contributed by atoms with E-state index < -0.39 is 5.54 Å². The first-order valence-electron chi connectivity index (χ1n) is 10.8. The van der Waals surface area contributed by atoms with Crippen molar-refractivity contribution in [2.24, 2.45) is 5.92 Å². The van der Waals surface area contributed by atoms with Gasteiger partial charge >= 0.3 is 0 Å². The van der Waals surface area contributed by atoms with Crippen molar-refractivity contribution in [3.63, 3.8) is 0 Å². The molecule has 0 bridgehead atoms. The Bertz CT molecular complexity index is 677. The number of hydrogen-bond donors (Lipinski definition) is 1. The molecule has 3 aliphatic rings. The van der Waals surface area contributed by atoms with Crippen molar-refractivity contribution in [2.75, 3.05) is 44.7 Å². The molecule has 1 saturated carbocycles. The van der Waals surface area contributed by atoms with Gasteiger partial charge in [0.15, 0.2) is 0 Å². The van der Waals surface area contributed by atoms with Gasteiger partial charge in [-0.1, -0.05) is 19.3 Å². The van der Waals surface area contributed by atoms with Gasteiger partial charge in [0.05, 0.1) is 5.54 Å². The highest BCUT2D eigenvalue weighted by atomic mass is 16.2. The van der Waals surface area contributed by atoms with Crippen LogP contribution in [0.5, 0.6) is 0 Å². The highest BCUT2D eigenvalue weighted by Crippen LogP contribution is 2.34. The van der Waals surface area contributed by atoms with E-state index in [1.807, 2.05) is 31.1 Å². The van der Waals surface area contributed by atoms with Crippen molar-refractivity contribution in [1.82, 2.24) is 25.1 Å². The zero-order valence-corrected chi connectivity index (χ0v) is 17.5. The summed E-state index contributed by atoms with van der Waals surface area (Å²) in [5.74, 6) is 1.59. The molecule has 3 heterocycles. The topological polar surface area (TPSA) is 64.6 Å². The van der Waals surface area contributed by atoms with Gasteiger partial charge in [0.1, 0.15) is 6.17 Å². The fourth-order valence-electron chi connectivity index (χ4n) is 4.70. The molecule has 1 amide bonds. The first kappa shape index (κ1) is 19.6. The standard InChI is InChI=1S/C21H34N6O/c1-21(2)19(28)27(15-16-7-5-4-6-8-16)18(24-21)17-13-22-20(23-14-17)26-11-9-25(3)10-12-26/h13-14,16,18,24H,4-12,15H2,1-3H3. The zero-order valence-electron chi connectivity index (χ0n) is 17.5. The molecule has 3 fully saturated rings. The van der Waals surface area contributed by atoms with Crippen LogP contribution in [0.2, 0.25) is 0 Å². The second kappa shape index (κ2) is 7.95. The van der Waals surface area contributed by atoms with Crippen LogP contribution in [0.15, 0.2) is 12.4 Å². The summed E-state index contributed by atoms with van der Waals surface area (Å²) in [4.78, 5) is 28.9. The predicted octanol–water partition coefficient (Wildman–Crippen LogP) is 2.02. The number of aromatic nitrogens is 2. The molecule has 0 aromatic carbocycles. The lowest BCUT2D eigenvalue weighted by molar-refractivity contribution is -0.133. The first-order valence-corrected chi connectivity index (χ1v) is 10.8. The van der Waals surface area contributed by atoms with Gasteiger partial charge in [-0.05, 0) is 39.7 Å². The minimum Gasteiger partial charge on any atom is -0.338 e. The smallest absolute Gasteiger partial charge is 0.243 e. The molecule has 7 nitrogen and oxygen atoms in total. The number of anilines is 1. The van der Waals surface area contributed by atoms with Gasteiger partial charge in [-0.3, -0.25) is 10.1 Å². The monoisotopic (exact) mass is 386 g/mol. The molecular formula is C21H34N6O. The van der Waals surface area contributed by atoms with Crippen molar-refractivity contribution in [3.05, 3.63) is 18.0 Å². The van der Waals surface area contributed by atoms with E-state index in [0.717, 1.165) is 44.2 Å². The highest BCUT2D eigenvalue weighted by Gasteiger charge is 2.46. The van der Waals surface area contributed by atoms with Gasteiger partial charge in [0.2, 0.25) is 11.9 Å². The van der Waals surface area contributed by atoms with Crippen molar-refractivity contribution in [2.45, 2.75) is 57.7 Å². The van der Waals surface area contributed by atoms with Crippen LogP contribution >= 0.6 is 0 Å². The van der Waals surface area contributed by atoms with Gasteiger partial charge in [-0.25, -0.2) is 9.97 Å². The van der Waals surface area contributed by atoms with Gasteiger partial charge in [0, 0.05) is 50.7 Å². The van der Waals surface area contributed by atoms with Crippen molar-refractivity contribution in [3.8, 4) is 0 Å². The lowest BCUT2D eigenvalue weighted by Crippen LogP contribution is -2.45. The summed E-state index contributed by atoms with van der Waals surface area (Å²) < 4.78 is 0. The maximum atomic E-state index is 13.0. The van der Waals surface area contributed by atoms with Gasteiger partial charge in [0.25, 0.3) is 0 Å². The molecular weight excluding hydrogens is 352 g/mol. The molecule has 1 unspecified atom stereocenters. The molecule has 1 atom stereocenters. The summed E-state index contributed by atoms with van der Waals surface area (Å²) in [5.41, 5.74) is 0.433. The Hall–Kier alpha value is -1.73. The van der Waals surface area contributed by atoms with E-state index in [9.17, 15) is 4.79 Å². The molecule has 28 heavy (non-hydrogen) atoms. The van der Waals surface area contributed by atoms with E-state index in [2.05, 4.69) is 32.1 Å². The van der Waals surface area contributed by atoms with Crippen LogP contribution < -0.4 is 10.2 Å². The number of nitrogens with zero attached hydrogens (tertiary/aromatic N) is 5. The van der Waals surface area contributed by atoms with Crippen LogP contribution in [0.25, 0.3) is 0 Å². The van der Waals surface area contributed by atoms with Gasteiger partial charge in [-0.15, -0.1) is 0 Å². The van der Waals surface area contributed by atoms with Crippen LogP contribution in [0.4, 0.5) is 5.95 Å². The van der Waals surface area contributed by atoms with Crippen molar-refractivity contribution in [1.29, 1.82) is 0 Å². The molecule has 7 heteroatoms. The van der Waals surface area contributed by atoms with Crippen molar-refractivity contribution < 1.29 is 4.79 Å². The minimum absolute atomic E-state index is 0.133. The SMILES string of the molecule is CN1CCN(c2ncc(C3NC(C)(C)C(=O)N3CC3CCCCC3)cn2)CC1. The Kier molecular flexibility index (Phi) is 5.56. The van der Waals surface area contributed by atoms with Crippen LogP contribution in [-0.2, 0) is 4.79 Å². The third-order valence-electron chi connectivity index (χ3n) is 6.54. The average Bonchev–Trinajstić information content (AvgIpc) is 2.93. The predicted molar refractivity (Wildman–Crippen MR) is 110 cm³/mol. The lowest BCUT2D eigenvalue weighted by atomic mass is 9.88. The third kappa shape index (κ3) is 4.01. The normalized spacial score (nSPS) is 26.8. The van der Waals surface area contributed by atoms with Crippen LogP contribution in [0.3, 0.4) is 0 Å². The number of likely N-dealkylation sites (N-methyl/N-ethyl adjacent to an activating group) is 1. The van der Waals surface area contributed by atoms with Crippen LogP contribution in [0, 0.1) is 5.92 Å². The van der Waals surface area contributed by atoms with Crippen LogP contribution in [-0.4, -0.2) is 71.0 Å². The minimum atomic E-state index is -0.546. The summed E-state index contributed by atoms with van der Waals surface area (Å²) in [6.45, 7) is 8.76. The molecule has 2 aliphatic heterocycles. The fraction of sp³-hybridized carbons (Fsp3) is 0.762. The summed E-state index contributed by atoms with van der Waals surface area (Å²) in [7, 11) is 2.15. The molecule has 1 aromatic heterocycles. The Morgan fingerprint density at radius 3 is 2.36 bits per heavy atom. The van der Waals surface area contributed by atoms with E-state index in [4.69, 9.17) is 0 Å². The zero-order chi connectivity index (χ0) is 19.7. The molecule has 154 valence electrons. The lowest BCUT2D eigenvalue weighted by Gasteiger charge is -2.33. The van der Waals surface area contributed by atoms with Gasteiger partial charge < -0.3 is 14.7 Å². The Morgan fingerprint density at radius 1 is 1.07 bits per heavy atom. The Balaban J connectivity index is 1.49. The Morgan fingerprint density at radius 2 is 1.71 bits per heavy atom. The van der Waals surface area contributed by atoms with E-state index in [-0.39, 0.29) is 12.1 Å². The number of carbonyl (C=O) groups excluding carboxylic acids is 1. The van der Waals surface area contributed by atoms with E-state index in [0.29, 0.717) is 5.92 Å². The van der Waals surface area contributed by atoms with E-state index in [1.165, 1.54) is 32.1 Å². The average molecular weight is 387 g/mol. The summed E-state index contributed by atoms with van der Waals surface area (Å²) in [6, 6.07) is 0. The summed E-state index contributed by atoms with van der Waals surface area (Å²) in [5, 5.41) is 3.52.